The molecule has 4 nitrogen and oxygen atoms in total. The first-order chi connectivity index (χ1) is 8.50. The number of ether oxygens (including phenoxy) is 1. The summed E-state index contributed by atoms with van der Waals surface area (Å²) in [7, 11) is 1.79. The third-order valence-corrected chi connectivity index (χ3v) is 3.69. The van der Waals surface area contributed by atoms with Gasteiger partial charge < -0.3 is 9.64 Å². The first kappa shape index (κ1) is 13.3. The molecule has 1 aromatic rings. The van der Waals surface area contributed by atoms with Crippen molar-refractivity contribution in [3.8, 4) is 0 Å². The van der Waals surface area contributed by atoms with Crippen molar-refractivity contribution in [2.45, 2.75) is 32.4 Å². The summed E-state index contributed by atoms with van der Waals surface area (Å²) < 4.78 is 5.48. The van der Waals surface area contributed by atoms with E-state index in [2.05, 4.69) is 4.98 Å². The standard InChI is InChI=1S/C13H17ClN2O2/c1-8-6-11(14)10(7-15-8)13(17)16(3)12-4-5-18-9(12)2/h6-7,9,12H,4-5H2,1-3H3. The molecule has 2 unspecified atom stereocenters. The van der Waals surface area contributed by atoms with Crippen LogP contribution in [0, 0.1) is 6.92 Å². The maximum atomic E-state index is 12.4. The molecule has 0 radical (unpaired) electrons. The maximum absolute atomic E-state index is 12.4. The Kier molecular flexibility index (Phi) is 3.88. The Morgan fingerprint density at radius 1 is 1.61 bits per heavy atom. The van der Waals surface area contributed by atoms with Gasteiger partial charge in [-0.25, -0.2) is 0 Å². The average molecular weight is 269 g/mol. The molecule has 0 spiro atoms. The summed E-state index contributed by atoms with van der Waals surface area (Å²) in [6.45, 7) is 4.52. The van der Waals surface area contributed by atoms with E-state index in [1.54, 1.807) is 18.0 Å². The number of hydrogen-bond acceptors (Lipinski definition) is 3. The molecule has 0 aromatic carbocycles. The zero-order valence-corrected chi connectivity index (χ0v) is 11.6. The number of amides is 1. The molecular weight excluding hydrogens is 252 g/mol. The molecule has 0 bridgehead atoms. The van der Waals surface area contributed by atoms with Gasteiger partial charge in [0.2, 0.25) is 0 Å². The summed E-state index contributed by atoms with van der Waals surface area (Å²) >= 11 is 6.09. The monoisotopic (exact) mass is 268 g/mol. The summed E-state index contributed by atoms with van der Waals surface area (Å²) in [6, 6.07) is 1.81. The Morgan fingerprint density at radius 2 is 2.33 bits per heavy atom. The number of carbonyl (C=O) groups is 1. The lowest BCUT2D eigenvalue weighted by Crippen LogP contribution is -2.41. The van der Waals surface area contributed by atoms with Crippen LogP contribution in [0.1, 0.15) is 29.4 Å². The normalized spacial score (nSPS) is 23.1. The van der Waals surface area contributed by atoms with E-state index in [1.165, 1.54) is 6.20 Å². The van der Waals surface area contributed by atoms with Gasteiger partial charge in [-0.15, -0.1) is 0 Å². The number of aryl methyl sites for hydroxylation is 1. The molecule has 2 rings (SSSR count). The van der Waals surface area contributed by atoms with Crippen molar-refractivity contribution in [3.05, 3.63) is 28.5 Å². The molecule has 1 aliphatic heterocycles. The van der Waals surface area contributed by atoms with Crippen molar-refractivity contribution in [3.63, 3.8) is 0 Å². The van der Waals surface area contributed by atoms with Crippen LogP contribution in [0.15, 0.2) is 12.3 Å². The number of aromatic nitrogens is 1. The van der Waals surface area contributed by atoms with Crippen LogP contribution in [-0.2, 0) is 4.74 Å². The smallest absolute Gasteiger partial charge is 0.257 e. The second-order valence-corrected chi connectivity index (χ2v) is 5.06. The van der Waals surface area contributed by atoms with E-state index in [4.69, 9.17) is 16.3 Å². The third kappa shape index (κ3) is 2.49. The van der Waals surface area contributed by atoms with Gasteiger partial charge in [0.15, 0.2) is 0 Å². The highest BCUT2D eigenvalue weighted by molar-refractivity contribution is 6.33. The van der Waals surface area contributed by atoms with Gasteiger partial charge in [0.25, 0.3) is 5.91 Å². The minimum absolute atomic E-state index is 0.0659. The lowest BCUT2D eigenvalue weighted by Gasteiger charge is -2.27. The minimum atomic E-state index is -0.102. The number of halogens is 1. The van der Waals surface area contributed by atoms with Crippen LogP contribution in [0.5, 0.6) is 0 Å². The second-order valence-electron chi connectivity index (χ2n) is 4.65. The maximum Gasteiger partial charge on any atom is 0.257 e. The van der Waals surface area contributed by atoms with Gasteiger partial charge in [-0.1, -0.05) is 11.6 Å². The summed E-state index contributed by atoms with van der Waals surface area (Å²) in [5.41, 5.74) is 1.25. The van der Waals surface area contributed by atoms with Crippen LogP contribution >= 0.6 is 11.6 Å². The van der Waals surface area contributed by atoms with Gasteiger partial charge in [0, 0.05) is 25.5 Å². The van der Waals surface area contributed by atoms with Gasteiger partial charge in [-0.3, -0.25) is 9.78 Å². The van der Waals surface area contributed by atoms with Crippen molar-refractivity contribution in [1.82, 2.24) is 9.88 Å². The SMILES string of the molecule is Cc1cc(Cl)c(C(=O)N(C)C2CCOC2C)cn1. The highest BCUT2D eigenvalue weighted by Gasteiger charge is 2.31. The predicted molar refractivity (Wildman–Crippen MR) is 69.9 cm³/mol. The van der Waals surface area contributed by atoms with E-state index in [1.807, 2.05) is 13.8 Å². The lowest BCUT2D eigenvalue weighted by atomic mass is 10.1. The highest BCUT2D eigenvalue weighted by Crippen LogP contribution is 2.23. The van der Waals surface area contributed by atoms with Crippen LogP contribution in [0.3, 0.4) is 0 Å². The Balaban J connectivity index is 2.20. The molecule has 2 atom stereocenters. The molecule has 1 amide bonds. The van der Waals surface area contributed by atoms with Crippen molar-refractivity contribution >= 4 is 17.5 Å². The average Bonchev–Trinajstić information content (AvgIpc) is 2.74. The van der Waals surface area contributed by atoms with Crippen LogP contribution in [0.2, 0.25) is 5.02 Å². The van der Waals surface area contributed by atoms with E-state index >= 15 is 0 Å². The molecule has 0 N–H and O–H groups in total. The fraction of sp³-hybridized carbons (Fsp3) is 0.538. The molecule has 2 heterocycles. The first-order valence-electron chi connectivity index (χ1n) is 6.01. The summed E-state index contributed by atoms with van der Waals surface area (Å²) in [4.78, 5) is 18.2. The minimum Gasteiger partial charge on any atom is -0.376 e. The Morgan fingerprint density at radius 3 is 2.89 bits per heavy atom. The van der Waals surface area contributed by atoms with Gasteiger partial charge >= 0.3 is 0 Å². The number of likely N-dealkylation sites (N-methyl/N-ethyl adjacent to an activating group) is 1. The van der Waals surface area contributed by atoms with Crippen molar-refractivity contribution in [2.75, 3.05) is 13.7 Å². The molecule has 1 fully saturated rings. The number of nitrogens with zero attached hydrogens (tertiary/aromatic N) is 2. The Hall–Kier alpha value is -1.13. The predicted octanol–water partition coefficient (Wildman–Crippen LogP) is 2.29. The fourth-order valence-electron chi connectivity index (χ4n) is 2.25. The van der Waals surface area contributed by atoms with Crippen molar-refractivity contribution in [2.24, 2.45) is 0 Å². The molecule has 1 aliphatic rings. The summed E-state index contributed by atoms with van der Waals surface area (Å²) in [5, 5.41) is 0.450. The first-order valence-corrected chi connectivity index (χ1v) is 6.39. The number of carbonyl (C=O) groups excluding carboxylic acids is 1. The summed E-state index contributed by atoms with van der Waals surface area (Å²) in [6.07, 6.45) is 2.47. The molecule has 98 valence electrons. The van der Waals surface area contributed by atoms with Gasteiger partial charge in [0.05, 0.1) is 22.7 Å². The zero-order chi connectivity index (χ0) is 13.3. The van der Waals surface area contributed by atoms with Crippen molar-refractivity contribution < 1.29 is 9.53 Å². The quantitative estimate of drug-likeness (QED) is 0.827. The van der Waals surface area contributed by atoms with Crippen LogP contribution in [0.4, 0.5) is 0 Å². The van der Waals surface area contributed by atoms with E-state index in [0.29, 0.717) is 17.2 Å². The van der Waals surface area contributed by atoms with E-state index < -0.39 is 0 Å². The van der Waals surface area contributed by atoms with Gasteiger partial charge in [0.1, 0.15) is 0 Å². The summed E-state index contributed by atoms with van der Waals surface area (Å²) in [5.74, 6) is -0.102. The van der Waals surface area contributed by atoms with E-state index in [-0.39, 0.29) is 18.1 Å². The van der Waals surface area contributed by atoms with Gasteiger partial charge in [-0.05, 0) is 26.3 Å². The Bertz CT molecular complexity index is 464. The second kappa shape index (κ2) is 5.24. The van der Waals surface area contributed by atoms with Crippen LogP contribution < -0.4 is 0 Å². The molecule has 5 heteroatoms. The van der Waals surface area contributed by atoms with Gasteiger partial charge in [-0.2, -0.15) is 0 Å². The third-order valence-electron chi connectivity index (χ3n) is 3.37. The molecular formula is C13H17ClN2O2. The zero-order valence-electron chi connectivity index (χ0n) is 10.8. The Labute approximate surface area is 112 Å². The molecule has 1 saturated heterocycles. The van der Waals surface area contributed by atoms with Crippen LogP contribution in [-0.4, -0.2) is 41.6 Å². The molecule has 0 saturated carbocycles. The largest absolute Gasteiger partial charge is 0.376 e. The number of hydrogen-bond donors (Lipinski definition) is 0. The van der Waals surface area contributed by atoms with E-state index in [0.717, 1.165) is 12.1 Å². The molecule has 0 aliphatic carbocycles. The topological polar surface area (TPSA) is 42.4 Å². The number of rotatable bonds is 2. The molecule has 18 heavy (non-hydrogen) atoms. The van der Waals surface area contributed by atoms with E-state index in [9.17, 15) is 4.79 Å². The number of pyridine rings is 1. The fourth-order valence-corrected chi connectivity index (χ4v) is 2.54. The van der Waals surface area contributed by atoms with Crippen molar-refractivity contribution in [1.29, 1.82) is 0 Å². The van der Waals surface area contributed by atoms with Crippen LogP contribution in [0.25, 0.3) is 0 Å². The molecule has 1 aromatic heterocycles. The lowest BCUT2D eigenvalue weighted by molar-refractivity contribution is 0.0574. The highest BCUT2D eigenvalue weighted by atomic mass is 35.5.